The number of anilines is 2. The average Bonchev–Trinajstić information content (AvgIpc) is 2.27. The summed E-state index contributed by atoms with van der Waals surface area (Å²) in [4.78, 5) is 4.34. The first-order chi connectivity index (χ1) is 7.26. The Labute approximate surface area is 90.7 Å². The van der Waals surface area contributed by atoms with E-state index in [1.54, 1.807) is 0 Å². The Morgan fingerprint density at radius 2 is 2.13 bits per heavy atom. The van der Waals surface area contributed by atoms with E-state index in [1.807, 2.05) is 25.2 Å². The molecule has 0 aliphatic heterocycles. The zero-order valence-corrected chi connectivity index (χ0v) is 9.33. The molecule has 0 aromatic carbocycles. The van der Waals surface area contributed by atoms with Gasteiger partial charge in [-0.1, -0.05) is 13.0 Å². The summed E-state index contributed by atoms with van der Waals surface area (Å²) in [5.74, 6) is 2.18. The normalized spacial score (nSPS) is 12.2. The molecule has 4 nitrogen and oxygen atoms in total. The second-order valence-corrected chi connectivity index (χ2v) is 3.66. The number of pyridine rings is 1. The minimum absolute atomic E-state index is 0.243. The van der Waals surface area contributed by atoms with Crippen LogP contribution in [-0.4, -0.2) is 30.3 Å². The maximum Gasteiger partial charge on any atom is 0.128 e. The molecule has 0 aliphatic carbocycles. The van der Waals surface area contributed by atoms with Gasteiger partial charge in [0, 0.05) is 20.2 Å². The van der Waals surface area contributed by atoms with Gasteiger partial charge in [-0.25, -0.2) is 4.98 Å². The van der Waals surface area contributed by atoms with Gasteiger partial charge in [0.15, 0.2) is 0 Å². The quantitative estimate of drug-likeness (QED) is 0.665. The van der Waals surface area contributed by atoms with Crippen LogP contribution in [0.4, 0.5) is 11.6 Å². The zero-order valence-electron chi connectivity index (χ0n) is 9.33. The summed E-state index contributed by atoms with van der Waals surface area (Å²) >= 11 is 0. The number of rotatable bonds is 6. The van der Waals surface area contributed by atoms with Crippen molar-refractivity contribution in [2.75, 3.05) is 30.8 Å². The molecule has 1 aromatic heterocycles. The molecule has 0 fully saturated rings. The van der Waals surface area contributed by atoms with E-state index < -0.39 is 0 Å². The van der Waals surface area contributed by atoms with E-state index in [4.69, 9.17) is 5.11 Å². The van der Waals surface area contributed by atoms with Crippen molar-refractivity contribution in [3.63, 3.8) is 0 Å². The lowest BCUT2D eigenvalue weighted by Crippen LogP contribution is -2.13. The smallest absolute Gasteiger partial charge is 0.128 e. The lowest BCUT2D eigenvalue weighted by atomic mass is 10.1. The molecule has 84 valence electrons. The van der Waals surface area contributed by atoms with Crippen LogP contribution in [0, 0.1) is 5.92 Å². The molecule has 1 heterocycles. The molecule has 0 amide bonds. The van der Waals surface area contributed by atoms with Crippen LogP contribution < -0.4 is 10.6 Å². The van der Waals surface area contributed by atoms with Gasteiger partial charge >= 0.3 is 0 Å². The topological polar surface area (TPSA) is 57.2 Å². The highest BCUT2D eigenvalue weighted by Crippen LogP contribution is 2.09. The highest BCUT2D eigenvalue weighted by molar-refractivity contribution is 5.44. The number of aromatic nitrogens is 1. The maximum atomic E-state index is 8.76. The summed E-state index contributed by atoms with van der Waals surface area (Å²) in [6, 6.07) is 5.81. The summed E-state index contributed by atoms with van der Waals surface area (Å²) < 4.78 is 0. The fourth-order valence-corrected chi connectivity index (χ4v) is 1.27. The molecule has 0 radical (unpaired) electrons. The van der Waals surface area contributed by atoms with Crippen LogP contribution in [0.15, 0.2) is 18.2 Å². The van der Waals surface area contributed by atoms with Crippen molar-refractivity contribution in [3.8, 4) is 0 Å². The third-order valence-electron chi connectivity index (χ3n) is 2.26. The number of nitrogens with zero attached hydrogens (tertiary/aromatic N) is 1. The summed E-state index contributed by atoms with van der Waals surface area (Å²) in [5, 5.41) is 15.0. The molecule has 0 aliphatic rings. The van der Waals surface area contributed by atoms with Crippen molar-refractivity contribution in [1.29, 1.82) is 0 Å². The Kier molecular flexibility index (Phi) is 4.90. The second kappa shape index (κ2) is 6.24. The molecule has 0 bridgehead atoms. The minimum Gasteiger partial charge on any atom is -0.396 e. The Morgan fingerprint density at radius 1 is 1.40 bits per heavy atom. The molecule has 4 heteroatoms. The van der Waals surface area contributed by atoms with Gasteiger partial charge in [0.25, 0.3) is 0 Å². The van der Waals surface area contributed by atoms with Crippen LogP contribution in [0.2, 0.25) is 0 Å². The Morgan fingerprint density at radius 3 is 2.80 bits per heavy atom. The SMILES string of the molecule is CNc1cccc(NCC(C)CCO)n1. The summed E-state index contributed by atoms with van der Waals surface area (Å²) in [5.41, 5.74) is 0. The number of aliphatic hydroxyl groups is 1. The molecule has 15 heavy (non-hydrogen) atoms. The lowest BCUT2D eigenvalue weighted by molar-refractivity contribution is 0.266. The van der Waals surface area contributed by atoms with Gasteiger partial charge in [0.05, 0.1) is 0 Å². The first-order valence-electron chi connectivity index (χ1n) is 5.25. The van der Waals surface area contributed by atoms with Crippen molar-refractivity contribution in [2.24, 2.45) is 5.92 Å². The molecular formula is C11H19N3O. The first kappa shape index (κ1) is 11.8. The molecule has 1 unspecified atom stereocenters. The van der Waals surface area contributed by atoms with E-state index in [0.717, 1.165) is 24.6 Å². The summed E-state index contributed by atoms with van der Waals surface area (Å²) in [6.45, 7) is 3.18. The van der Waals surface area contributed by atoms with Gasteiger partial charge < -0.3 is 15.7 Å². The zero-order chi connectivity index (χ0) is 11.1. The molecule has 0 spiro atoms. The Bertz CT molecular complexity index is 291. The highest BCUT2D eigenvalue weighted by atomic mass is 16.3. The van der Waals surface area contributed by atoms with E-state index in [1.165, 1.54) is 0 Å². The molecule has 1 atom stereocenters. The van der Waals surface area contributed by atoms with Crippen molar-refractivity contribution in [1.82, 2.24) is 4.98 Å². The van der Waals surface area contributed by atoms with E-state index in [9.17, 15) is 0 Å². The lowest BCUT2D eigenvalue weighted by Gasteiger charge is -2.12. The van der Waals surface area contributed by atoms with Gasteiger partial charge in [0.1, 0.15) is 11.6 Å². The predicted molar refractivity (Wildman–Crippen MR) is 63.1 cm³/mol. The number of hydrogen-bond acceptors (Lipinski definition) is 4. The van der Waals surface area contributed by atoms with E-state index in [-0.39, 0.29) is 6.61 Å². The fraction of sp³-hybridized carbons (Fsp3) is 0.545. The van der Waals surface area contributed by atoms with Gasteiger partial charge in [-0.2, -0.15) is 0 Å². The first-order valence-corrected chi connectivity index (χ1v) is 5.25. The largest absolute Gasteiger partial charge is 0.396 e. The number of hydrogen-bond donors (Lipinski definition) is 3. The van der Waals surface area contributed by atoms with Crippen molar-refractivity contribution < 1.29 is 5.11 Å². The molecule has 0 saturated heterocycles. The maximum absolute atomic E-state index is 8.76. The number of aliphatic hydroxyl groups excluding tert-OH is 1. The summed E-state index contributed by atoms with van der Waals surface area (Å²) in [7, 11) is 1.85. The van der Waals surface area contributed by atoms with Gasteiger partial charge in [-0.3, -0.25) is 0 Å². The molecule has 1 aromatic rings. The molecular weight excluding hydrogens is 190 g/mol. The van der Waals surface area contributed by atoms with Crippen LogP contribution >= 0.6 is 0 Å². The Balaban J connectivity index is 2.43. The Hall–Kier alpha value is -1.29. The molecule has 0 saturated carbocycles. The van der Waals surface area contributed by atoms with Gasteiger partial charge in [-0.15, -0.1) is 0 Å². The van der Waals surface area contributed by atoms with Crippen molar-refractivity contribution in [2.45, 2.75) is 13.3 Å². The molecule has 3 N–H and O–H groups in total. The predicted octanol–water partition coefficient (Wildman–Crippen LogP) is 1.55. The number of nitrogens with one attached hydrogen (secondary N) is 2. The van der Waals surface area contributed by atoms with Crippen molar-refractivity contribution in [3.05, 3.63) is 18.2 Å². The molecule has 1 rings (SSSR count). The van der Waals surface area contributed by atoms with Crippen LogP contribution in [0.1, 0.15) is 13.3 Å². The standard InChI is InChI=1S/C11H19N3O/c1-9(6-7-15)8-13-11-5-3-4-10(12-2)14-11/h3-5,9,15H,6-8H2,1-2H3,(H2,12,13,14). The van der Waals surface area contributed by atoms with Crippen LogP contribution in [0.3, 0.4) is 0 Å². The minimum atomic E-state index is 0.243. The fourth-order valence-electron chi connectivity index (χ4n) is 1.27. The average molecular weight is 209 g/mol. The summed E-state index contributed by atoms with van der Waals surface area (Å²) in [6.07, 6.45) is 0.818. The second-order valence-electron chi connectivity index (χ2n) is 3.66. The monoisotopic (exact) mass is 209 g/mol. The van der Waals surface area contributed by atoms with Gasteiger partial charge in [-0.05, 0) is 24.5 Å². The van der Waals surface area contributed by atoms with Gasteiger partial charge in [0.2, 0.25) is 0 Å². The van der Waals surface area contributed by atoms with Crippen LogP contribution in [-0.2, 0) is 0 Å². The third-order valence-corrected chi connectivity index (χ3v) is 2.26. The van der Waals surface area contributed by atoms with E-state index >= 15 is 0 Å². The van der Waals surface area contributed by atoms with Crippen LogP contribution in [0.25, 0.3) is 0 Å². The third kappa shape index (κ3) is 4.16. The van der Waals surface area contributed by atoms with E-state index in [2.05, 4.69) is 22.5 Å². The van der Waals surface area contributed by atoms with Crippen LogP contribution in [0.5, 0.6) is 0 Å². The highest BCUT2D eigenvalue weighted by Gasteiger charge is 2.01. The van der Waals surface area contributed by atoms with Crippen molar-refractivity contribution >= 4 is 11.6 Å². The van der Waals surface area contributed by atoms with E-state index in [0.29, 0.717) is 5.92 Å².